The normalized spacial score (nSPS) is 17.4. The second-order valence-electron chi connectivity index (χ2n) is 8.92. The molecular weight excluding hydrogens is 412 g/mol. The number of methoxy groups -OCH3 is 1. The molecule has 0 atom stereocenters. The SMILES string of the molecule is COc1ccccc1Oc1cccc(CN2CCN(C(=O)C3(c4ccccc4)CC3)CC2)c1. The molecule has 1 amide bonds. The molecule has 1 saturated carbocycles. The van der Waals surface area contributed by atoms with Crippen molar-refractivity contribution in [2.24, 2.45) is 0 Å². The second-order valence-corrected chi connectivity index (χ2v) is 8.92. The molecular formula is C28H30N2O3. The number of carbonyl (C=O) groups is 1. The molecule has 0 N–H and O–H groups in total. The number of hydrogen-bond donors (Lipinski definition) is 0. The molecule has 5 nitrogen and oxygen atoms in total. The number of rotatable bonds is 7. The fraction of sp³-hybridized carbons (Fsp3) is 0.321. The lowest BCUT2D eigenvalue weighted by Crippen LogP contribution is -2.51. The topological polar surface area (TPSA) is 42.0 Å². The van der Waals surface area contributed by atoms with Crippen molar-refractivity contribution in [2.45, 2.75) is 24.8 Å². The van der Waals surface area contributed by atoms with Crippen LogP contribution in [0.2, 0.25) is 0 Å². The standard InChI is InChI=1S/C28H30N2O3/c1-32-25-12-5-6-13-26(25)33-24-11-7-8-22(20-24)21-29-16-18-30(19-17-29)27(31)28(14-15-28)23-9-3-2-4-10-23/h2-13,20H,14-19,21H2,1H3. The van der Waals surface area contributed by atoms with Crippen molar-refractivity contribution in [1.29, 1.82) is 0 Å². The lowest BCUT2D eigenvalue weighted by atomic mass is 9.94. The number of piperazine rings is 1. The van der Waals surface area contributed by atoms with E-state index in [1.165, 1.54) is 11.1 Å². The predicted molar refractivity (Wildman–Crippen MR) is 129 cm³/mol. The highest BCUT2D eigenvalue weighted by Crippen LogP contribution is 2.49. The summed E-state index contributed by atoms with van der Waals surface area (Å²) in [4.78, 5) is 17.8. The van der Waals surface area contributed by atoms with Gasteiger partial charge in [-0.2, -0.15) is 0 Å². The van der Waals surface area contributed by atoms with Crippen LogP contribution in [0.15, 0.2) is 78.9 Å². The van der Waals surface area contributed by atoms with Gasteiger partial charge in [0.1, 0.15) is 5.75 Å². The lowest BCUT2D eigenvalue weighted by molar-refractivity contribution is -0.135. The molecule has 5 heteroatoms. The molecule has 1 heterocycles. The smallest absolute Gasteiger partial charge is 0.233 e. The van der Waals surface area contributed by atoms with Gasteiger partial charge in [0.25, 0.3) is 0 Å². The average molecular weight is 443 g/mol. The van der Waals surface area contributed by atoms with Gasteiger partial charge in [-0.05, 0) is 48.2 Å². The third-order valence-corrected chi connectivity index (χ3v) is 6.75. The summed E-state index contributed by atoms with van der Waals surface area (Å²) in [5.41, 5.74) is 2.10. The molecule has 1 aliphatic carbocycles. The molecule has 2 aliphatic rings. The Balaban J connectivity index is 1.18. The van der Waals surface area contributed by atoms with Crippen LogP contribution in [0.5, 0.6) is 17.2 Å². The Bertz CT molecular complexity index is 1100. The first kappa shape index (κ1) is 21.5. The molecule has 3 aromatic rings. The summed E-state index contributed by atoms with van der Waals surface area (Å²) in [7, 11) is 1.65. The highest BCUT2D eigenvalue weighted by molar-refractivity contribution is 5.91. The summed E-state index contributed by atoms with van der Waals surface area (Å²) in [5, 5.41) is 0. The van der Waals surface area contributed by atoms with Crippen molar-refractivity contribution in [2.75, 3.05) is 33.3 Å². The van der Waals surface area contributed by atoms with E-state index in [0.29, 0.717) is 17.4 Å². The summed E-state index contributed by atoms with van der Waals surface area (Å²) in [6.45, 7) is 4.17. The van der Waals surface area contributed by atoms with E-state index in [1.807, 2.05) is 54.6 Å². The minimum absolute atomic E-state index is 0.270. The zero-order valence-electron chi connectivity index (χ0n) is 19.1. The first-order valence-corrected chi connectivity index (χ1v) is 11.6. The quantitative estimate of drug-likeness (QED) is 0.524. The predicted octanol–water partition coefficient (Wildman–Crippen LogP) is 4.86. The molecule has 170 valence electrons. The number of amides is 1. The van der Waals surface area contributed by atoms with Gasteiger partial charge in [-0.25, -0.2) is 0 Å². The molecule has 2 fully saturated rings. The van der Waals surface area contributed by atoms with Gasteiger partial charge in [-0.3, -0.25) is 9.69 Å². The van der Waals surface area contributed by atoms with Crippen molar-refractivity contribution in [3.05, 3.63) is 90.0 Å². The summed E-state index contributed by atoms with van der Waals surface area (Å²) < 4.78 is 11.5. The third kappa shape index (κ3) is 4.60. The van der Waals surface area contributed by atoms with Crippen LogP contribution in [-0.2, 0) is 16.8 Å². The van der Waals surface area contributed by atoms with E-state index < -0.39 is 0 Å². The summed E-state index contributed by atoms with van der Waals surface area (Å²) >= 11 is 0. The molecule has 1 aliphatic heterocycles. The van der Waals surface area contributed by atoms with Crippen LogP contribution in [0.1, 0.15) is 24.0 Å². The Morgan fingerprint density at radius 1 is 0.848 bits per heavy atom. The van der Waals surface area contributed by atoms with Gasteiger partial charge in [0.2, 0.25) is 5.91 Å². The van der Waals surface area contributed by atoms with Crippen LogP contribution in [-0.4, -0.2) is 49.0 Å². The first-order chi connectivity index (χ1) is 16.2. The highest BCUT2D eigenvalue weighted by Gasteiger charge is 2.53. The Kier molecular flexibility index (Phi) is 6.05. The van der Waals surface area contributed by atoms with Crippen molar-refractivity contribution in [1.82, 2.24) is 9.80 Å². The summed E-state index contributed by atoms with van der Waals surface area (Å²) in [6, 6.07) is 26.1. The fourth-order valence-electron chi connectivity index (χ4n) is 4.72. The number of carbonyl (C=O) groups excluding carboxylic acids is 1. The van der Waals surface area contributed by atoms with Crippen LogP contribution in [0.4, 0.5) is 0 Å². The van der Waals surface area contributed by atoms with Crippen molar-refractivity contribution in [3.8, 4) is 17.2 Å². The average Bonchev–Trinajstić information content (AvgIpc) is 3.67. The highest BCUT2D eigenvalue weighted by atomic mass is 16.5. The van der Waals surface area contributed by atoms with E-state index in [0.717, 1.165) is 51.3 Å². The zero-order valence-corrected chi connectivity index (χ0v) is 19.1. The maximum atomic E-state index is 13.3. The van der Waals surface area contributed by atoms with Gasteiger partial charge in [0, 0.05) is 32.7 Å². The molecule has 0 unspecified atom stereocenters. The van der Waals surface area contributed by atoms with E-state index >= 15 is 0 Å². The van der Waals surface area contributed by atoms with Crippen LogP contribution in [0, 0.1) is 0 Å². The number of ether oxygens (including phenoxy) is 2. The Morgan fingerprint density at radius 2 is 1.55 bits per heavy atom. The maximum Gasteiger partial charge on any atom is 0.233 e. The molecule has 0 radical (unpaired) electrons. The lowest BCUT2D eigenvalue weighted by Gasteiger charge is -2.36. The van der Waals surface area contributed by atoms with Gasteiger partial charge in [-0.1, -0.05) is 54.6 Å². The Morgan fingerprint density at radius 3 is 2.24 bits per heavy atom. The monoisotopic (exact) mass is 442 g/mol. The van der Waals surface area contributed by atoms with E-state index in [2.05, 4.69) is 34.1 Å². The molecule has 1 saturated heterocycles. The maximum absolute atomic E-state index is 13.3. The van der Waals surface area contributed by atoms with Gasteiger partial charge in [0.05, 0.1) is 12.5 Å². The number of hydrogen-bond acceptors (Lipinski definition) is 4. The molecule has 33 heavy (non-hydrogen) atoms. The molecule has 5 rings (SSSR count). The van der Waals surface area contributed by atoms with Crippen molar-refractivity contribution >= 4 is 5.91 Å². The van der Waals surface area contributed by atoms with E-state index in [4.69, 9.17) is 9.47 Å². The minimum Gasteiger partial charge on any atom is -0.493 e. The number of nitrogens with zero attached hydrogens (tertiary/aromatic N) is 2. The van der Waals surface area contributed by atoms with E-state index in [-0.39, 0.29) is 5.41 Å². The molecule has 3 aromatic carbocycles. The summed E-state index contributed by atoms with van der Waals surface area (Å²) in [5.74, 6) is 2.52. The van der Waals surface area contributed by atoms with Gasteiger partial charge >= 0.3 is 0 Å². The van der Waals surface area contributed by atoms with E-state index in [1.54, 1.807) is 7.11 Å². The first-order valence-electron chi connectivity index (χ1n) is 11.6. The largest absolute Gasteiger partial charge is 0.493 e. The second kappa shape index (κ2) is 9.28. The Hall–Kier alpha value is -3.31. The van der Waals surface area contributed by atoms with Crippen LogP contribution in [0.3, 0.4) is 0 Å². The van der Waals surface area contributed by atoms with E-state index in [9.17, 15) is 4.79 Å². The molecule has 0 spiro atoms. The minimum atomic E-state index is -0.270. The van der Waals surface area contributed by atoms with Crippen LogP contribution >= 0.6 is 0 Å². The number of benzene rings is 3. The molecule has 0 bridgehead atoms. The van der Waals surface area contributed by atoms with Crippen molar-refractivity contribution < 1.29 is 14.3 Å². The molecule has 0 aromatic heterocycles. The van der Waals surface area contributed by atoms with Crippen molar-refractivity contribution in [3.63, 3.8) is 0 Å². The van der Waals surface area contributed by atoms with Gasteiger partial charge in [-0.15, -0.1) is 0 Å². The zero-order chi connectivity index (χ0) is 22.7. The summed E-state index contributed by atoms with van der Waals surface area (Å²) in [6.07, 6.45) is 1.93. The Labute approximate surface area is 195 Å². The van der Waals surface area contributed by atoms with Crippen LogP contribution < -0.4 is 9.47 Å². The number of para-hydroxylation sites is 2. The van der Waals surface area contributed by atoms with Gasteiger partial charge < -0.3 is 14.4 Å². The van der Waals surface area contributed by atoms with Gasteiger partial charge in [0.15, 0.2) is 11.5 Å². The fourth-order valence-corrected chi connectivity index (χ4v) is 4.72. The third-order valence-electron chi connectivity index (χ3n) is 6.75. The van der Waals surface area contributed by atoms with Crippen LogP contribution in [0.25, 0.3) is 0 Å².